The van der Waals surface area contributed by atoms with Gasteiger partial charge in [0.2, 0.25) is 0 Å². The van der Waals surface area contributed by atoms with Crippen LogP contribution in [0.3, 0.4) is 0 Å². The lowest BCUT2D eigenvalue weighted by atomic mass is 10.2. The second kappa shape index (κ2) is 9.67. The Morgan fingerprint density at radius 1 is 1.07 bits per heavy atom. The normalized spacial score (nSPS) is 10.7. The topological polar surface area (TPSA) is 51.7 Å². The first-order valence-electron chi connectivity index (χ1n) is 9.46. The highest BCUT2D eigenvalue weighted by Crippen LogP contribution is 2.34. The van der Waals surface area contributed by atoms with Crippen molar-refractivity contribution in [2.24, 2.45) is 0 Å². The van der Waals surface area contributed by atoms with Crippen molar-refractivity contribution in [1.29, 1.82) is 0 Å². The van der Waals surface area contributed by atoms with Crippen molar-refractivity contribution in [2.75, 3.05) is 20.2 Å². The molecule has 0 atom stereocenters. The number of carbonyl (C=O) groups is 1. The molecule has 0 aliphatic rings. The summed E-state index contributed by atoms with van der Waals surface area (Å²) in [6.45, 7) is 5.09. The Morgan fingerprint density at radius 3 is 2.40 bits per heavy atom. The lowest BCUT2D eigenvalue weighted by Gasteiger charge is -2.16. The highest BCUT2D eigenvalue weighted by molar-refractivity contribution is 7.13. The Hall–Kier alpha value is -3.00. The molecule has 0 fully saturated rings. The fourth-order valence-corrected chi connectivity index (χ4v) is 3.74. The van der Waals surface area contributed by atoms with E-state index in [4.69, 9.17) is 9.47 Å². The van der Waals surface area contributed by atoms with E-state index in [2.05, 4.69) is 4.98 Å². The number of thiazole rings is 1. The number of aromatic nitrogens is 1. The summed E-state index contributed by atoms with van der Waals surface area (Å²) in [6.07, 6.45) is 0. The number of rotatable bonds is 8. The Kier molecular flexibility index (Phi) is 6.99. The van der Waals surface area contributed by atoms with Gasteiger partial charge in [0, 0.05) is 30.1 Å². The second-order valence-corrected chi connectivity index (χ2v) is 7.31. The van der Waals surface area contributed by atoms with Crippen molar-refractivity contribution >= 4 is 17.2 Å². The van der Waals surface area contributed by atoms with Crippen molar-refractivity contribution in [3.8, 4) is 22.1 Å². The van der Waals surface area contributed by atoms with Gasteiger partial charge in [0.15, 0.2) is 11.5 Å². The van der Waals surface area contributed by atoms with Crippen LogP contribution < -0.4 is 9.47 Å². The molecule has 0 radical (unpaired) electrons. The summed E-state index contributed by atoms with van der Waals surface area (Å²) in [5.41, 5.74) is 1.56. The molecule has 0 saturated heterocycles. The molecule has 0 unspecified atom stereocenters. The Labute approximate surface area is 177 Å². The summed E-state index contributed by atoms with van der Waals surface area (Å²) in [5, 5.41) is 2.42. The van der Waals surface area contributed by atoms with E-state index < -0.39 is 11.6 Å². The Bertz CT molecular complexity index is 1010. The molecular weight excluding hydrogens is 410 g/mol. The smallest absolute Gasteiger partial charge is 0.273 e. The van der Waals surface area contributed by atoms with Gasteiger partial charge in [0.05, 0.1) is 7.11 Å². The predicted octanol–water partition coefficient (Wildman–Crippen LogP) is 5.16. The SMILES string of the molecule is CCN(CC)C(=O)c1csc(-c2ccc(OCc3cc(F)cc(F)c3)c(OC)c2)n1. The molecule has 3 aromatic rings. The minimum Gasteiger partial charge on any atom is -0.493 e. The largest absolute Gasteiger partial charge is 0.493 e. The van der Waals surface area contributed by atoms with Gasteiger partial charge in [-0.05, 0) is 49.7 Å². The van der Waals surface area contributed by atoms with Crippen LogP contribution in [0.4, 0.5) is 8.78 Å². The maximum absolute atomic E-state index is 13.3. The van der Waals surface area contributed by atoms with Gasteiger partial charge in [-0.25, -0.2) is 13.8 Å². The standard InChI is InChI=1S/C22H22F2N2O3S/c1-4-26(5-2)22(27)18-13-30-21(25-18)15-6-7-19(20(10-15)28-3)29-12-14-8-16(23)11-17(24)9-14/h6-11,13H,4-5,12H2,1-3H3. The van der Waals surface area contributed by atoms with Crippen molar-refractivity contribution in [2.45, 2.75) is 20.5 Å². The summed E-state index contributed by atoms with van der Waals surface area (Å²) in [4.78, 5) is 18.6. The van der Waals surface area contributed by atoms with Gasteiger partial charge in [-0.15, -0.1) is 11.3 Å². The van der Waals surface area contributed by atoms with E-state index in [1.54, 1.807) is 28.5 Å². The minimum absolute atomic E-state index is 0.00976. The van der Waals surface area contributed by atoms with Crippen LogP contribution in [0.1, 0.15) is 29.9 Å². The van der Waals surface area contributed by atoms with Gasteiger partial charge in [-0.1, -0.05) is 0 Å². The van der Waals surface area contributed by atoms with Gasteiger partial charge in [0.25, 0.3) is 5.91 Å². The van der Waals surface area contributed by atoms with E-state index in [9.17, 15) is 13.6 Å². The molecule has 1 heterocycles. The molecule has 0 aliphatic carbocycles. The van der Waals surface area contributed by atoms with E-state index in [1.165, 1.54) is 30.6 Å². The molecule has 5 nitrogen and oxygen atoms in total. The van der Waals surface area contributed by atoms with Crippen molar-refractivity contribution in [3.05, 3.63) is 64.7 Å². The van der Waals surface area contributed by atoms with Crippen LogP contribution in [-0.4, -0.2) is 36.0 Å². The summed E-state index contributed by atoms with van der Waals surface area (Å²) in [7, 11) is 1.50. The number of halogens is 2. The van der Waals surface area contributed by atoms with E-state index >= 15 is 0 Å². The van der Waals surface area contributed by atoms with Crippen LogP contribution in [0.25, 0.3) is 10.6 Å². The minimum atomic E-state index is -0.658. The maximum Gasteiger partial charge on any atom is 0.273 e. The van der Waals surface area contributed by atoms with Crippen LogP contribution >= 0.6 is 11.3 Å². The van der Waals surface area contributed by atoms with Gasteiger partial charge in [-0.2, -0.15) is 0 Å². The van der Waals surface area contributed by atoms with Crippen LogP contribution in [0.5, 0.6) is 11.5 Å². The first-order valence-corrected chi connectivity index (χ1v) is 10.3. The molecule has 2 aromatic carbocycles. The van der Waals surface area contributed by atoms with Gasteiger partial charge >= 0.3 is 0 Å². The number of methoxy groups -OCH3 is 1. The second-order valence-electron chi connectivity index (χ2n) is 6.45. The lowest BCUT2D eigenvalue weighted by molar-refractivity contribution is 0.0768. The van der Waals surface area contributed by atoms with Gasteiger partial charge < -0.3 is 14.4 Å². The molecule has 30 heavy (non-hydrogen) atoms. The average Bonchev–Trinajstić information content (AvgIpc) is 3.22. The highest BCUT2D eigenvalue weighted by Gasteiger charge is 2.17. The number of hydrogen-bond donors (Lipinski definition) is 0. The molecule has 3 rings (SSSR count). The average molecular weight is 432 g/mol. The summed E-state index contributed by atoms with van der Waals surface area (Å²) >= 11 is 1.37. The molecule has 8 heteroatoms. The Morgan fingerprint density at radius 2 is 1.77 bits per heavy atom. The summed E-state index contributed by atoms with van der Waals surface area (Å²) in [6, 6.07) is 8.51. The molecule has 158 valence electrons. The summed E-state index contributed by atoms with van der Waals surface area (Å²) in [5.74, 6) is -0.528. The Balaban J connectivity index is 1.78. The quantitative estimate of drug-likeness (QED) is 0.494. The van der Waals surface area contributed by atoms with Crippen LogP contribution in [0.2, 0.25) is 0 Å². The lowest BCUT2D eigenvalue weighted by Crippen LogP contribution is -2.30. The van der Waals surface area contributed by atoms with Crippen LogP contribution in [0, 0.1) is 11.6 Å². The number of ether oxygens (including phenoxy) is 2. The molecule has 0 saturated carbocycles. The van der Waals surface area contributed by atoms with E-state index in [0.717, 1.165) is 11.6 Å². The molecule has 0 N–H and O–H groups in total. The monoisotopic (exact) mass is 432 g/mol. The molecule has 1 amide bonds. The number of benzene rings is 2. The fraction of sp³-hybridized carbons (Fsp3) is 0.273. The fourth-order valence-electron chi connectivity index (χ4n) is 2.95. The van der Waals surface area contributed by atoms with E-state index in [0.29, 0.717) is 40.9 Å². The van der Waals surface area contributed by atoms with E-state index in [1.807, 2.05) is 13.8 Å². The maximum atomic E-state index is 13.3. The first kappa shape index (κ1) is 21.7. The third-order valence-electron chi connectivity index (χ3n) is 4.50. The highest BCUT2D eigenvalue weighted by atomic mass is 32.1. The van der Waals surface area contributed by atoms with Crippen LogP contribution in [-0.2, 0) is 6.61 Å². The first-order chi connectivity index (χ1) is 14.4. The van der Waals surface area contributed by atoms with Gasteiger partial charge in [-0.3, -0.25) is 4.79 Å². The van der Waals surface area contributed by atoms with Gasteiger partial charge in [0.1, 0.15) is 28.9 Å². The molecule has 0 aliphatic heterocycles. The van der Waals surface area contributed by atoms with Crippen molar-refractivity contribution in [3.63, 3.8) is 0 Å². The van der Waals surface area contributed by atoms with Crippen molar-refractivity contribution in [1.82, 2.24) is 9.88 Å². The van der Waals surface area contributed by atoms with Crippen molar-refractivity contribution < 1.29 is 23.0 Å². The zero-order chi connectivity index (χ0) is 21.7. The predicted molar refractivity (Wildman–Crippen MR) is 112 cm³/mol. The third kappa shape index (κ3) is 4.94. The number of nitrogens with zero attached hydrogens (tertiary/aromatic N) is 2. The molecule has 1 aromatic heterocycles. The number of amides is 1. The zero-order valence-electron chi connectivity index (χ0n) is 16.9. The molecule has 0 bridgehead atoms. The molecule has 0 spiro atoms. The van der Waals surface area contributed by atoms with Crippen LogP contribution in [0.15, 0.2) is 41.8 Å². The summed E-state index contributed by atoms with van der Waals surface area (Å²) < 4.78 is 37.8. The third-order valence-corrected chi connectivity index (χ3v) is 5.39. The zero-order valence-corrected chi connectivity index (χ0v) is 17.8. The molecular formula is C22H22F2N2O3S. The number of carbonyl (C=O) groups excluding carboxylic acids is 1. The van der Waals surface area contributed by atoms with E-state index in [-0.39, 0.29) is 12.5 Å². The number of hydrogen-bond acceptors (Lipinski definition) is 5.